The van der Waals surface area contributed by atoms with Crippen molar-refractivity contribution in [2.45, 2.75) is 39.2 Å². The van der Waals surface area contributed by atoms with Crippen molar-refractivity contribution < 1.29 is 9.53 Å². The Morgan fingerprint density at radius 3 is 2.61 bits per heavy atom. The van der Waals surface area contributed by atoms with Crippen LogP contribution in [0.2, 0.25) is 0 Å². The smallest absolute Gasteiger partial charge is 0.319 e. The number of allylic oxidation sites excluding steroid dienone is 3. The Labute approximate surface area is 195 Å². The highest BCUT2D eigenvalue weighted by molar-refractivity contribution is 5.78. The van der Waals surface area contributed by atoms with Crippen LogP contribution < -0.4 is 20.7 Å². The van der Waals surface area contributed by atoms with Gasteiger partial charge in [0.2, 0.25) is 0 Å². The van der Waals surface area contributed by atoms with E-state index in [1.54, 1.807) is 7.11 Å². The zero-order chi connectivity index (χ0) is 23.6. The highest BCUT2D eigenvalue weighted by Crippen LogP contribution is 2.21. The predicted octanol–water partition coefficient (Wildman–Crippen LogP) is 4.96. The Bertz CT molecular complexity index is 1080. The van der Waals surface area contributed by atoms with E-state index in [-0.39, 0.29) is 12.1 Å². The molecule has 3 aromatic rings. The highest BCUT2D eigenvalue weighted by Gasteiger charge is 2.19. The molecule has 0 radical (unpaired) electrons. The van der Waals surface area contributed by atoms with Gasteiger partial charge in [0, 0.05) is 18.4 Å². The lowest BCUT2D eigenvalue weighted by Gasteiger charge is -2.18. The maximum atomic E-state index is 13.0. The van der Waals surface area contributed by atoms with Crippen LogP contribution in [0.3, 0.4) is 0 Å². The Kier molecular flexibility index (Phi) is 8.52. The van der Waals surface area contributed by atoms with E-state index in [2.05, 4.69) is 27.9 Å². The highest BCUT2D eigenvalue weighted by atomic mass is 16.5. The fourth-order valence-electron chi connectivity index (χ4n) is 3.43. The second-order valence-corrected chi connectivity index (χ2v) is 7.87. The minimum atomic E-state index is -0.340. The summed E-state index contributed by atoms with van der Waals surface area (Å²) in [5.74, 6) is 1.50. The Morgan fingerprint density at radius 1 is 1.18 bits per heavy atom. The second-order valence-electron chi connectivity index (χ2n) is 7.87. The van der Waals surface area contributed by atoms with Crippen LogP contribution >= 0.6 is 0 Å². The van der Waals surface area contributed by atoms with Gasteiger partial charge in [0.05, 0.1) is 24.2 Å². The molecule has 0 bridgehead atoms. The number of rotatable bonds is 10. The SMILES string of the molecule is CCC/C=C(/C=C(/C)NC)NC(=O)N[C@H](Cc1ccc(OC)cc1)c1nc2ccccc2[nH]1. The minimum absolute atomic E-state index is 0.281. The third-order valence-electron chi connectivity index (χ3n) is 5.32. The van der Waals surface area contributed by atoms with Crippen LogP contribution in [0.15, 0.2) is 72.1 Å². The quantitative estimate of drug-likeness (QED) is 0.331. The van der Waals surface area contributed by atoms with E-state index in [1.165, 1.54) is 0 Å². The second kappa shape index (κ2) is 11.8. The Hall–Kier alpha value is -3.74. The fourth-order valence-corrected chi connectivity index (χ4v) is 3.43. The maximum Gasteiger partial charge on any atom is 0.319 e. The van der Waals surface area contributed by atoms with Crippen LogP contribution in [0.4, 0.5) is 4.79 Å². The number of fused-ring (bicyclic) bond motifs is 1. The molecule has 1 aromatic heterocycles. The summed E-state index contributed by atoms with van der Waals surface area (Å²) in [5, 5.41) is 9.18. The molecular formula is C26H33N5O2. The van der Waals surface area contributed by atoms with Crippen molar-refractivity contribution in [1.82, 2.24) is 25.9 Å². The monoisotopic (exact) mass is 447 g/mol. The fraction of sp³-hybridized carbons (Fsp3) is 0.308. The van der Waals surface area contributed by atoms with Gasteiger partial charge >= 0.3 is 6.03 Å². The van der Waals surface area contributed by atoms with E-state index in [0.717, 1.165) is 46.6 Å². The molecule has 0 spiro atoms. The molecule has 2 aromatic carbocycles. The number of hydrogen-bond acceptors (Lipinski definition) is 4. The van der Waals surface area contributed by atoms with Gasteiger partial charge in [0.25, 0.3) is 0 Å². The number of nitrogens with zero attached hydrogens (tertiary/aromatic N) is 1. The number of benzene rings is 2. The molecule has 3 rings (SSSR count). The lowest BCUT2D eigenvalue weighted by atomic mass is 10.1. The summed E-state index contributed by atoms with van der Waals surface area (Å²) in [6, 6.07) is 15.1. The summed E-state index contributed by atoms with van der Waals surface area (Å²) in [7, 11) is 3.50. The minimum Gasteiger partial charge on any atom is -0.497 e. The molecule has 1 atom stereocenters. The maximum absolute atomic E-state index is 13.0. The van der Waals surface area contributed by atoms with E-state index in [9.17, 15) is 4.79 Å². The molecule has 7 nitrogen and oxygen atoms in total. The zero-order valence-electron chi connectivity index (χ0n) is 19.7. The average Bonchev–Trinajstić information content (AvgIpc) is 3.27. The number of nitrogens with one attached hydrogen (secondary N) is 4. The van der Waals surface area contributed by atoms with E-state index < -0.39 is 0 Å². The molecule has 0 aliphatic heterocycles. The molecule has 174 valence electrons. The number of aromatic amines is 1. The van der Waals surface area contributed by atoms with E-state index in [1.807, 2.05) is 74.7 Å². The molecule has 0 saturated heterocycles. The summed E-state index contributed by atoms with van der Waals surface area (Å²) in [4.78, 5) is 21.1. The molecule has 1 heterocycles. The number of amides is 2. The summed E-state index contributed by atoms with van der Waals surface area (Å²) in [5.41, 5.74) is 4.59. The lowest BCUT2D eigenvalue weighted by molar-refractivity contribution is 0.239. The number of imidazole rings is 1. The third kappa shape index (κ3) is 6.87. The van der Waals surface area contributed by atoms with Gasteiger partial charge in [-0.2, -0.15) is 0 Å². The third-order valence-corrected chi connectivity index (χ3v) is 5.32. The number of unbranched alkanes of at least 4 members (excludes halogenated alkanes) is 1. The molecule has 0 saturated carbocycles. The van der Waals surface area contributed by atoms with Gasteiger partial charge in [-0.1, -0.05) is 43.7 Å². The van der Waals surface area contributed by atoms with Gasteiger partial charge in [-0.15, -0.1) is 0 Å². The van der Waals surface area contributed by atoms with Crippen molar-refractivity contribution in [3.63, 3.8) is 0 Å². The van der Waals surface area contributed by atoms with Gasteiger partial charge in [0.1, 0.15) is 11.6 Å². The standard InChI is InChI=1S/C26H33N5O2/c1-5-6-9-20(16-18(2)27-3)28-26(32)31-24(17-19-12-14-21(33-4)15-13-19)25-29-22-10-7-8-11-23(22)30-25/h7-16,24,27H,5-6,17H2,1-4H3,(H,29,30)(H2,28,31,32)/b18-16-,20-9-/t24-/m1/s1. The summed E-state index contributed by atoms with van der Waals surface area (Å²) in [6.45, 7) is 4.07. The van der Waals surface area contributed by atoms with E-state index in [4.69, 9.17) is 9.72 Å². The van der Waals surface area contributed by atoms with Crippen LogP contribution in [0, 0.1) is 0 Å². The van der Waals surface area contributed by atoms with E-state index in [0.29, 0.717) is 12.2 Å². The molecule has 0 unspecified atom stereocenters. The number of para-hydroxylation sites is 2. The van der Waals surface area contributed by atoms with Crippen LogP contribution in [0.25, 0.3) is 11.0 Å². The molecule has 4 N–H and O–H groups in total. The van der Waals surface area contributed by atoms with Crippen molar-refractivity contribution in [2.75, 3.05) is 14.2 Å². The van der Waals surface area contributed by atoms with E-state index >= 15 is 0 Å². The van der Waals surface area contributed by atoms with Crippen molar-refractivity contribution in [3.05, 3.63) is 83.5 Å². The number of urea groups is 1. The molecule has 0 aliphatic carbocycles. The van der Waals surface area contributed by atoms with Crippen molar-refractivity contribution >= 4 is 17.1 Å². The number of carbonyl (C=O) groups is 1. The first-order chi connectivity index (χ1) is 16.0. The normalized spacial score (nSPS) is 13.0. The van der Waals surface area contributed by atoms with Crippen molar-refractivity contribution in [2.24, 2.45) is 0 Å². The number of hydrogen-bond donors (Lipinski definition) is 4. The van der Waals surface area contributed by atoms with Crippen LogP contribution in [0.5, 0.6) is 5.75 Å². The lowest BCUT2D eigenvalue weighted by Crippen LogP contribution is -2.38. The van der Waals surface area contributed by atoms with Crippen LogP contribution in [-0.2, 0) is 6.42 Å². The molecule has 33 heavy (non-hydrogen) atoms. The Morgan fingerprint density at radius 2 is 1.94 bits per heavy atom. The van der Waals surface area contributed by atoms with Gasteiger partial charge < -0.3 is 25.7 Å². The Balaban J connectivity index is 1.83. The first-order valence-electron chi connectivity index (χ1n) is 11.2. The van der Waals surface area contributed by atoms with Crippen LogP contribution in [-0.4, -0.2) is 30.2 Å². The molecule has 7 heteroatoms. The van der Waals surface area contributed by atoms with Gasteiger partial charge in [-0.05, 0) is 55.7 Å². The van der Waals surface area contributed by atoms with Crippen molar-refractivity contribution in [1.29, 1.82) is 0 Å². The number of ether oxygens (including phenoxy) is 1. The first-order valence-corrected chi connectivity index (χ1v) is 11.2. The molecule has 0 aliphatic rings. The number of aromatic nitrogens is 2. The first kappa shape index (κ1) is 23.9. The largest absolute Gasteiger partial charge is 0.497 e. The van der Waals surface area contributed by atoms with Gasteiger partial charge in [-0.25, -0.2) is 9.78 Å². The topological polar surface area (TPSA) is 91.1 Å². The number of H-pyrrole nitrogens is 1. The zero-order valence-corrected chi connectivity index (χ0v) is 19.7. The summed E-state index contributed by atoms with van der Waals surface area (Å²) >= 11 is 0. The number of carbonyl (C=O) groups excluding carboxylic acids is 1. The average molecular weight is 448 g/mol. The van der Waals surface area contributed by atoms with Gasteiger partial charge in [0.15, 0.2) is 0 Å². The van der Waals surface area contributed by atoms with Gasteiger partial charge in [-0.3, -0.25) is 0 Å². The number of methoxy groups -OCH3 is 1. The summed E-state index contributed by atoms with van der Waals surface area (Å²) in [6.07, 6.45) is 6.41. The molecular weight excluding hydrogens is 414 g/mol. The predicted molar refractivity (Wildman–Crippen MR) is 133 cm³/mol. The summed E-state index contributed by atoms with van der Waals surface area (Å²) < 4.78 is 5.26. The van der Waals surface area contributed by atoms with Crippen molar-refractivity contribution in [3.8, 4) is 5.75 Å². The molecule has 0 fully saturated rings. The van der Waals surface area contributed by atoms with Crippen LogP contribution in [0.1, 0.15) is 44.1 Å². The molecule has 2 amide bonds.